The highest BCUT2D eigenvalue weighted by molar-refractivity contribution is 6.61. The van der Waals surface area contributed by atoms with E-state index in [2.05, 4.69) is 4.99 Å². The van der Waals surface area contributed by atoms with Crippen molar-refractivity contribution in [2.75, 3.05) is 13.2 Å². The lowest BCUT2D eigenvalue weighted by Gasteiger charge is -2.05. The summed E-state index contributed by atoms with van der Waals surface area (Å²) in [6.45, 7) is 1.03. The zero-order chi connectivity index (χ0) is 14.7. The summed E-state index contributed by atoms with van der Waals surface area (Å²) in [5, 5.41) is 9.60. The topological polar surface area (TPSA) is 51.1 Å². The molecule has 1 heterocycles. The maximum absolute atomic E-state index is 14.0. The summed E-state index contributed by atoms with van der Waals surface area (Å²) in [4.78, 5) is 4.09. The van der Waals surface area contributed by atoms with Gasteiger partial charge in [0, 0.05) is 11.8 Å². The fraction of sp³-hybridized carbons (Fsp3) is 0.133. The minimum absolute atomic E-state index is 0.0542. The lowest BCUT2D eigenvalue weighted by molar-refractivity contribution is 0.365. The first kappa shape index (κ1) is 13.8. The van der Waals surface area contributed by atoms with Crippen LogP contribution in [-0.4, -0.2) is 31.7 Å². The molecule has 2 aromatic carbocycles. The number of para-hydroxylation sites is 2. The highest BCUT2D eigenvalue weighted by Crippen LogP contribution is 2.24. The Morgan fingerprint density at radius 3 is 2.62 bits per heavy atom. The van der Waals surface area contributed by atoms with E-state index < -0.39 is 12.9 Å². The van der Waals surface area contributed by atoms with Crippen LogP contribution in [-0.2, 0) is 9.31 Å². The summed E-state index contributed by atoms with van der Waals surface area (Å²) in [5.74, 6) is -0.357. The van der Waals surface area contributed by atoms with Crippen molar-refractivity contribution in [1.82, 2.24) is 0 Å². The fourth-order valence-electron chi connectivity index (χ4n) is 2.06. The van der Waals surface area contributed by atoms with E-state index in [9.17, 15) is 9.50 Å². The van der Waals surface area contributed by atoms with Crippen LogP contribution in [0.2, 0.25) is 0 Å². The molecular formula is C15H13BFNO3. The van der Waals surface area contributed by atoms with Gasteiger partial charge in [0.15, 0.2) is 0 Å². The van der Waals surface area contributed by atoms with Crippen molar-refractivity contribution in [2.45, 2.75) is 0 Å². The van der Waals surface area contributed by atoms with Crippen molar-refractivity contribution in [3.63, 3.8) is 0 Å². The Morgan fingerprint density at radius 1 is 1.14 bits per heavy atom. The Labute approximate surface area is 122 Å². The Hall–Kier alpha value is -2.18. The number of benzene rings is 2. The van der Waals surface area contributed by atoms with E-state index in [1.54, 1.807) is 30.3 Å². The monoisotopic (exact) mass is 285 g/mol. The number of hydrogen-bond donors (Lipinski definition) is 1. The Bertz CT molecular complexity index is 672. The standard InChI is InChI=1S/C15H13BFNO3/c17-13-9-12(16-20-7-8-21-16)6-5-11(13)10-18-14-3-1-2-4-15(14)19/h1-6,9-10,19H,7-8H2. The lowest BCUT2D eigenvalue weighted by Crippen LogP contribution is -2.32. The van der Waals surface area contributed by atoms with Crippen LogP contribution in [0.3, 0.4) is 0 Å². The van der Waals surface area contributed by atoms with Crippen LogP contribution in [0.25, 0.3) is 0 Å². The molecule has 6 heteroatoms. The second-order valence-corrected chi connectivity index (χ2v) is 4.60. The van der Waals surface area contributed by atoms with Crippen LogP contribution < -0.4 is 5.46 Å². The molecule has 1 aliphatic rings. The van der Waals surface area contributed by atoms with Gasteiger partial charge in [-0.05, 0) is 23.7 Å². The largest absolute Gasteiger partial charge is 0.506 e. The molecule has 2 aromatic rings. The van der Waals surface area contributed by atoms with Gasteiger partial charge in [-0.2, -0.15) is 0 Å². The molecule has 1 fully saturated rings. The van der Waals surface area contributed by atoms with Crippen LogP contribution in [0.5, 0.6) is 5.75 Å². The van der Waals surface area contributed by atoms with Crippen molar-refractivity contribution in [3.05, 3.63) is 53.8 Å². The van der Waals surface area contributed by atoms with Crippen molar-refractivity contribution < 1.29 is 18.8 Å². The quantitative estimate of drug-likeness (QED) is 0.693. The van der Waals surface area contributed by atoms with E-state index in [0.29, 0.717) is 29.9 Å². The molecule has 0 spiro atoms. The third-order valence-corrected chi connectivity index (χ3v) is 3.14. The molecule has 0 aliphatic carbocycles. The summed E-state index contributed by atoms with van der Waals surface area (Å²) in [6, 6.07) is 11.4. The molecule has 21 heavy (non-hydrogen) atoms. The summed E-state index contributed by atoms with van der Waals surface area (Å²) >= 11 is 0. The van der Waals surface area contributed by atoms with E-state index in [1.807, 2.05) is 0 Å². The van der Waals surface area contributed by atoms with Gasteiger partial charge in [0.2, 0.25) is 0 Å². The number of hydrogen-bond acceptors (Lipinski definition) is 4. The number of phenolic OH excluding ortho intramolecular Hbond substituents is 1. The number of aromatic hydroxyl groups is 1. The maximum atomic E-state index is 14.0. The van der Waals surface area contributed by atoms with Gasteiger partial charge in [0.05, 0.1) is 13.2 Å². The highest BCUT2D eigenvalue weighted by Gasteiger charge is 2.26. The Balaban J connectivity index is 1.81. The Kier molecular flexibility index (Phi) is 3.99. The van der Waals surface area contributed by atoms with Gasteiger partial charge >= 0.3 is 7.12 Å². The molecule has 106 valence electrons. The smallest absolute Gasteiger partial charge is 0.494 e. The van der Waals surface area contributed by atoms with Gasteiger partial charge in [-0.25, -0.2) is 4.39 Å². The van der Waals surface area contributed by atoms with Gasteiger partial charge in [0.25, 0.3) is 0 Å². The summed E-state index contributed by atoms with van der Waals surface area (Å²) in [6.07, 6.45) is 1.38. The molecule has 3 rings (SSSR count). The van der Waals surface area contributed by atoms with E-state index in [4.69, 9.17) is 9.31 Å². The van der Waals surface area contributed by atoms with Crippen molar-refractivity contribution in [1.29, 1.82) is 0 Å². The van der Waals surface area contributed by atoms with E-state index in [1.165, 1.54) is 18.3 Å². The molecule has 4 nitrogen and oxygen atoms in total. The zero-order valence-corrected chi connectivity index (χ0v) is 11.2. The fourth-order valence-corrected chi connectivity index (χ4v) is 2.06. The zero-order valence-electron chi connectivity index (χ0n) is 11.2. The molecular weight excluding hydrogens is 272 g/mol. The lowest BCUT2D eigenvalue weighted by atomic mass is 9.79. The average molecular weight is 285 g/mol. The second kappa shape index (κ2) is 6.07. The number of rotatable bonds is 3. The highest BCUT2D eigenvalue weighted by atomic mass is 19.1. The Morgan fingerprint density at radius 2 is 1.90 bits per heavy atom. The normalized spacial score (nSPS) is 15.0. The van der Waals surface area contributed by atoms with Gasteiger partial charge in [-0.15, -0.1) is 0 Å². The molecule has 0 atom stereocenters. The van der Waals surface area contributed by atoms with Gasteiger partial charge in [0.1, 0.15) is 17.3 Å². The first-order valence-electron chi connectivity index (χ1n) is 6.59. The van der Waals surface area contributed by atoms with Gasteiger partial charge < -0.3 is 14.4 Å². The van der Waals surface area contributed by atoms with Crippen LogP contribution in [0.4, 0.5) is 10.1 Å². The average Bonchev–Trinajstić information content (AvgIpc) is 3.02. The minimum atomic E-state index is -0.497. The molecule has 0 unspecified atom stereocenters. The van der Waals surface area contributed by atoms with Crippen LogP contribution in [0.1, 0.15) is 5.56 Å². The van der Waals surface area contributed by atoms with Crippen molar-refractivity contribution in [3.8, 4) is 5.75 Å². The molecule has 0 saturated carbocycles. The summed E-state index contributed by atoms with van der Waals surface area (Å²) < 4.78 is 24.7. The first-order valence-corrected chi connectivity index (χ1v) is 6.59. The second-order valence-electron chi connectivity index (χ2n) is 4.60. The SMILES string of the molecule is Oc1ccccc1N=Cc1ccc(B2OCCO2)cc1F. The third kappa shape index (κ3) is 3.12. The summed E-state index contributed by atoms with van der Waals surface area (Å²) in [7, 11) is -0.497. The number of phenols is 1. The summed E-state index contributed by atoms with van der Waals surface area (Å²) in [5.41, 5.74) is 1.37. The number of nitrogens with zero attached hydrogens (tertiary/aromatic N) is 1. The van der Waals surface area contributed by atoms with Crippen molar-refractivity contribution >= 4 is 24.5 Å². The van der Waals surface area contributed by atoms with Crippen LogP contribution in [0, 0.1) is 5.82 Å². The minimum Gasteiger partial charge on any atom is -0.506 e. The predicted octanol–water partition coefficient (Wildman–Crippen LogP) is 2.02. The van der Waals surface area contributed by atoms with E-state index in [0.717, 1.165) is 0 Å². The number of halogens is 1. The van der Waals surface area contributed by atoms with Gasteiger partial charge in [-0.1, -0.05) is 24.3 Å². The predicted molar refractivity (Wildman–Crippen MR) is 79.1 cm³/mol. The van der Waals surface area contributed by atoms with E-state index in [-0.39, 0.29) is 5.75 Å². The molecule has 1 saturated heterocycles. The van der Waals surface area contributed by atoms with Gasteiger partial charge in [-0.3, -0.25) is 4.99 Å². The van der Waals surface area contributed by atoms with E-state index >= 15 is 0 Å². The maximum Gasteiger partial charge on any atom is 0.494 e. The molecule has 1 N–H and O–H groups in total. The first-order chi connectivity index (χ1) is 10.2. The molecule has 1 aliphatic heterocycles. The molecule has 0 amide bonds. The van der Waals surface area contributed by atoms with Crippen LogP contribution in [0.15, 0.2) is 47.5 Å². The number of aliphatic imine (C=N–C) groups is 1. The van der Waals surface area contributed by atoms with Crippen LogP contribution >= 0.6 is 0 Å². The van der Waals surface area contributed by atoms with Crippen molar-refractivity contribution in [2.24, 2.45) is 4.99 Å². The molecule has 0 radical (unpaired) electrons. The third-order valence-electron chi connectivity index (χ3n) is 3.14. The molecule has 0 bridgehead atoms. The molecule has 0 aromatic heterocycles.